The number of aromatic hydroxyl groups is 1. The highest BCUT2D eigenvalue weighted by molar-refractivity contribution is 8.18. The Bertz CT molecular complexity index is 1000. The molecular weight excluding hydrogens is 396 g/mol. The second kappa shape index (κ2) is 8.70. The van der Waals surface area contributed by atoms with E-state index in [0.29, 0.717) is 16.8 Å². The lowest BCUT2D eigenvalue weighted by atomic mass is 10.2. The first-order valence-corrected chi connectivity index (χ1v) is 9.30. The number of imide groups is 1. The zero-order valence-electron chi connectivity index (χ0n) is 15.7. The Morgan fingerprint density at radius 2 is 1.97 bits per heavy atom. The Labute approximate surface area is 171 Å². The highest BCUT2D eigenvalue weighted by Gasteiger charge is 2.35. The summed E-state index contributed by atoms with van der Waals surface area (Å²) in [7, 11) is 2.70. The molecule has 0 bridgehead atoms. The molecule has 8 nitrogen and oxygen atoms in total. The molecule has 0 radical (unpaired) electrons. The third kappa shape index (κ3) is 4.35. The van der Waals surface area contributed by atoms with E-state index in [1.165, 1.54) is 20.3 Å². The first-order chi connectivity index (χ1) is 13.9. The zero-order chi connectivity index (χ0) is 21.0. The van der Waals surface area contributed by atoms with Crippen molar-refractivity contribution in [3.8, 4) is 11.5 Å². The molecule has 0 unspecified atom stereocenters. The van der Waals surface area contributed by atoms with Crippen LogP contribution >= 0.6 is 11.8 Å². The van der Waals surface area contributed by atoms with Crippen LogP contribution in [0.25, 0.3) is 6.08 Å². The van der Waals surface area contributed by atoms with E-state index < -0.39 is 17.1 Å². The van der Waals surface area contributed by atoms with E-state index in [0.717, 1.165) is 16.7 Å². The number of rotatable bonds is 6. The van der Waals surface area contributed by atoms with Gasteiger partial charge in [0.2, 0.25) is 0 Å². The number of hydrogen-bond donors (Lipinski definition) is 2. The number of methoxy groups -OCH3 is 2. The summed E-state index contributed by atoms with van der Waals surface area (Å²) in [5, 5.41) is 12.2. The van der Waals surface area contributed by atoms with Gasteiger partial charge < -0.3 is 19.9 Å². The van der Waals surface area contributed by atoms with Gasteiger partial charge in [0.25, 0.3) is 11.1 Å². The van der Waals surface area contributed by atoms with E-state index in [1.54, 1.807) is 42.5 Å². The maximum absolute atomic E-state index is 12.6. The third-order valence-corrected chi connectivity index (χ3v) is 5.04. The molecule has 150 valence electrons. The molecule has 3 rings (SSSR count). The van der Waals surface area contributed by atoms with Gasteiger partial charge in [-0.25, -0.2) is 4.79 Å². The molecule has 9 heteroatoms. The van der Waals surface area contributed by atoms with Crippen LogP contribution in [0.4, 0.5) is 10.5 Å². The summed E-state index contributed by atoms with van der Waals surface area (Å²) in [4.78, 5) is 38.1. The Kier molecular flexibility index (Phi) is 6.08. The summed E-state index contributed by atoms with van der Waals surface area (Å²) < 4.78 is 9.78. The fraction of sp³-hybridized carbons (Fsp3) is 0.150. The van der Waals surface area contributed by atoms with Gasteiger partial charge in [-0.1, -0.05) is 18.2 Å². The molecule has 1 fully saturated rings. The van der Waals surface area contributed by atoms with Crippen molar-refractivity contribution in [3.63, 3.8) is 0 Å². The average molecular weight is 414 g/mol. The van der Waals surface area contributed by atoms with Crippen molar-refractivity contribution >= 4 is 40.6 Å². The lowest BCUT2D eigenvalue weighted by molar-refractivity contribution is -0.122. The predicted octanol–water partition coefficient (Wildman–Crippen LogP) is 3.29. The molecule has 1 aliphatic heterocycles. The van der Waals surface area contributed by atoms with Crippen molar-refractivity contribution < 1.29 is 29.0 Å². The minimum atomic E-state index is -0.525. The van der Waals surface area contributed by atoms with Crippen LogP contribution < -0.4 is 10.1 Å². The van der Waals surface area contributed by atoms with Crippen LogP contribution in [-0.2, 0) is 9.53 Å². The number of ether oxygens (including phenoxy) is 2. The molecule has 1 saturated heterocycles. The smallest absolute Gasteiger partial charge is 0.339 e. The van der Waals surface area contributed by atoms with Crippen molar-refractivity contribution in [2.75, 3.05) is 26.2 Å². The lowest BCUT2D eigenvalue weighted by Gasteiger charge is -2.16. The second-order valence-corrected chi connectivity index (χ2v) is 6.91. The zero-order valence-corrected chi connectivity index (χ0v) is 16.5. The van der Waals surface area contributed by atoms with E-state index in [-0.39, 0.29) is 23.1 Å². The van der Waals surface area contributed by atoms with Crippen molar-refractivity contribution in [3.05, 3.63) is 58.5 Å². The number of esters is 1. The molecule has 2 aromatic carbocycles. The molecule has 2 aromatic rings. The van der Waals surface area contributed by atoms with Gasteiger partial charge in [-0.15, -0.1) is 0 Å². The number of phenols is 1. The van der Waals surface area contributed by atoms with Crippen LogP contribution in [0.15, 0.2) is 47.4 Å². The van der Waals surface area contributed by atoms with Crippen molar-refractivity contribution in [2.45, 2.75) is 0 Å². The number of para-hydroxylation sites is 1. The number of thioether (sulfide) groups is 1. The van der Waals surface area contributed by atoms with Gasteiger partial charge in [0.1, 0.15) is 0 Å². The van der Waals surface area contributed by atoms with Crippen LogP contribution in [0.2, 0.25) is 0 Å². The number of nitrogens with one attached hydrogen (secondary N) is 1. The molecule has 0 spiro atoms. The maximum Gasteiger partial charge on any atom is 0.339 e. The highest BCUT2D eigenvalue weighted by atomic mass is 32.2. The van der Waals surface area contributed by atoms with Gasteiger partial charge in [0.05, 0.1) is 37.0 Å². The van der Waals surface area contributed by atoms with E-state index in [2.05, 4.69) is 5.32 Å². The van der Waals surface area contributed by atoms with Crippen molar-refractivity contribution in [2.24, 2.45) is 0 Å². The number of nitrogens with zero attached hydrogens (tertiary/aromatic N) is 1. The molecule has 1 heterocycles. The molecule has 0 aliphatic carbocycles. The molecule has 2 amide bonds. The quantitative estimate of drug-likeness (QED) is 0.548. The predicted molar refractivity (Wildman–Crippen MR) is 109 cm³/mol. The number of carbonyl (C=O) groups is 3. The van der Waals surface area contributed by atoms with E-state index in [9.17, 15) is 19.5 Å². The largest absolute Gasteiger partial charge is 0.504 e. The number of hydrogen-bond acceptors (Lipinski definition) is 8. The Hall–Kier alpha value is -3.46. The topological polar surface area (TPSA) is 105 Å². The van der Waals surface area contributed by atoms with Gasteiger partial charge >= 0.3 is 5.97 Å². The minimum absolute atomic E-state index is 0.0220. The Morgan fingerprint density at radius 3 is 2.69 bits per heavy atom. The van der Waals surface area contributed by atoms with Gasteiger partial charge in [-0.2, -0.15) is 0 Å². The molecular formula is C20H18N2O6S. The number of amides is 2. The molecule has 0 atom stereocenters. The van der Waals surface area contributed by atoms with Gasteiger partial charge in [0.15, 0.2) is 11.5 Å². The Morgan fingerprint density at radius 1 is 1.21 bits per heavy atom. The summed E-state index contributed by atoms with van der Waals surface area (Å²) in [5.41, 5.74) is 1.36. The first-order valence-electron chi connectivity index (χ1n) is 8.48. The lowest BCUT2D eigenvalue weighted by Crippen LogP contribution is -2.33. The van der Waals surface area contributed by atoms with Crippen LogP contribution in [0.5, 0.6) is 11.5 Å². The summed E-state index contributed by atoms with van der Waals surface area (Å²) in [5.74, 6) is -0.746. The fourth-order valence-electron chi connectivity index (χ4n) is 2.66. The normalized spacial score (nSPS) is 15.0. The van der Waals surface area contributed by atoms with Gasteiger partial charge in [-0.05, 0) is 47.7 Å². The number of phenolic OH excluding ortho intramolecular Hbond substituents is 1. The SMILES string of the molecule is COC(=O)c1ccccc1NCN1C(=O)S/C(=C\c2ccc(O)c(OC)c2)C1=O. The number of anilines is 1. The van der Waals surface area contributed by atoms with Crippen molar-refractivity contribution in [1.82, 2.24) is 4.90 Å². The average Bonchev–Trinajstić information content (AvgIpc) is 3.00. The minimum Gasteiger partial charge on any atom is -0.504 e. The van der Waals surface area contributed by atoms with Crippen LogP contribution in [0, 0.1) is 0 Å². The monoisotopic (exact) mass is 414 g/mol. The third-order valence-electron chi connectivity index (χ3n) is 4.14. The second-order valence-electron chi connectivity index (χ2n) is 5.91. The number of carbonyl (C=O) groups excluding carboxylic acids is 3. The first kappa shape index (κ1) is 20.3. The fourth-order valence-corrected chi connectivity index (χ4v) is 3.50. The molecule has 0 saturated carbocycles. The van der Waals surface area contributed by atoms with Crippen LogP contribution in [0.1, 0.15) is 15.9 Å². The summed E-state index contributed by atoms with van der Waals surface area (Å²) in [6.07, 6.45) is 1.55. The number of benzene rings is 2. The van der Waals surface area contributed by atoms with Crippen LogP contribution in [-0.4, -0.2) is 48.0 Å². The summed E-state index contributed by atoms with van der Waals surface area (Å²) in [6, 6.07) is 11.3. The molecule has 2 N–H and O–H groups in total. The van der Waals surface area contributed by atoms with Crippen LogP contribution in [0.3, 0.4) is 0 Å². The molecule has 1 aliphatic rings. The van der Waals surface area contributed by atoms with E-state index >= 15 is 0 Å². The summed E-state index contributed by atoms with van der Waals surface area (Å²) in [6.45, 7) is -0.102. The van der Waals surface area contributed by atoms with E-state index in [4.69, 9.17) is 9.47 Å². The standard InChI is InChI=1S/C20H18N2O6S/c1-27-16-9-12(7-8-15(16)23)10-17-18(24)22(20(26)29-17)11-21-14-6-4-3-5-13(14)19(25)28-2/h3-10,21,23H,11H2,1-2H3/b17-10-. The molecule has 0 aromatic heterocycles. The maximum atomic E-state index is 12.6. The molecule has 29 heavy (non-hydrogen) atoms. The summed E-state index contributed by atoms with van der Waals surface area (Å²) >= 11 is 0.808. The van der Waals surface area contributed by atoms with Crippen molar-refractivity contribution in [1.29, 1.82) is 0 Å². The Balaban J connectivity index is 1.76. The van der Waals surface area contributed by atoms with Gasteiger partial charge in [-0.3, -0.25) is 14.5 Å². The van der Waals surface area contributed by atoms with E-state index in [1.807, 2.05) is 0 Å². The van der Waals surface area contributed by atoms with Gasteiger partial charge in [0, 0.05) is 0 Å². The highest BCUT2D eigenvalue weighted by Crippen LogP contribution is 2.34.